The van der Waals surface area contributed by atoms with Gasteiger partial charge < -0.3 is 9.84 Å². The summed E-state index contributed by atoms with van der Waals surface area (Å²) in [5.41, 5.74) is -0.446. The summed E-state index contributed by atoms with van der Waals surface area (Å²) in [6.07, 6.45) is -4.94. The van der Waals surface area contributed by atoms with Crippen LogP contribution >= 0.6 is 22.6 Å². The number of hydrogen-bond acceptors (Lipinski definition) is 3. The van der Waals surface area contributed by atoms with Crippen LogP contribution in [0.5, 0.6) is 5.75 Å². The molecule has 0 aliphatic carbocycles. The third-order valence-corrected chi connectivity index (χ3v) is 2.28. The largest absolute Gasteiger partial charge is 0.573 e. The van der Waals surface area contributed by atoms with Gasteiger partial charge in [-0.1, -0.05) is 0 Å². The fraction of sp³-hybridized carbons (Fsp3) is 0.250. The number of aryl methyl sites for hydroxylation is 1. The molecule has 88 valence electrons. The van der Waals surface area contributed by atoms with E-state index in [-0.39, 0.29) is 3.57 Å². The van der Waals surface area contributed by atoms with E-state index >= 15 is 0 Å². The van der Waals surface area contributed by atoms with Crippen molar-refractivity contribution >= 4 is 28.6 Å². The molecule has 0 bridgehead atoms. The molecule has 0 saturated carbocycles. The Hall–Kier alpha value is -1.06. The molecule has 0 saturated heterocycles. The van der Waals surface area contributed by atoms with E-state index in [1.807, 2.05) is 0 Å². The topological polar surface area (TPSA) is 59.4 Å². The lowest BCUT2D eigenvalue weighted by molar-refractivity contribution is -0.275. The van der Waals surface area contributed by atoms with Gasteiger partial charge in [0.15, 0.2) is 11.4 Å². The average molecular weight is 347 g/mol. The van der Waals surface area contributed by atoms with Crippen LogP contribution in [0, 0.1) is 10.5 Å². The highest BCUT2D eigenvalue weighted by atomic mass is 127. The second-order valence-corrected chi connectivity index (χ2v) is 3.94. The van der Waals surface area contributed by atoms with E-state index in [0.29, 0.717) is 5.69 Å². The molecule has 1 aromatic heterocycles. The van der Waals surface area contributed by atoms with Crippen molar-refractivity contribution in [1.82, 2.24) is 4.98 Å². The highest BCUT2D eigenvalue weighted by Gasteiger charge is 2.34. The van der Waals surface area contributed by atoms with Crippen molar-refractivity contribution in [2.24, 2.45) is 0 Å². The molecular weight excluding hydrogens is 342 g/mol. The SMILES string of the molecule is Cc1cc(I)c(OC(F)(F)F)c(C(=O)O)n1. The number of nitrogens with zero attached hydrogens (tertiary/aromatic N) is 1. The lowest BCUT2D eigenvalue weighted by Gasteiger charge is -2.12. The highest BCUT2D eigenvalue weighted by Crippen LogP contribution is 2.30. The predicted octanol–water partition coefficient (Wildman–Crippen LogP) is 2.59. The van der Waals surface area contributed by atoms with Gasteiger partial charge in [-0.05, 0) is 35.6 Å². The number of pyridine rings is 1. The van der Waals surface area contributed by atoms with Crippen LogP contribution in [0.15, 0.2) is 6.07 Å². The van der Waals surface area contributed by atoms with Crippen molar-refractivity contribution in [3.8, 4) is 5.75 Å². The van der Waals surface area contributed by atoms with Gasteiger partial charge in [0.2, 0.25) is 0 Å². The first-order chi connectivity index (χ1) is 7.20. The van der Waals surface area contributed by atoms with Gasteiger partial charge in [0.25, 0.3) is 0 Å². The van der Waals surface area contributed by atoms with Crippen molar-refractivity contribution in [2.75, 3.05) is 0 Å². The van der Waals surface area contributed by atoms with Crippen LogP contribution in [0.4, 0.5) is 13.2 Å². The Morgan fingerprint density at radius 2 is 2.12 bits per heavy atom. The van der Waals surface area contributed by atoms with Gasteiger partial charge in [-0.2, -0.15) is 0 Å². The van der Waals surface area contributed by atoms with Gasteiger partial charge >= 0.3 is 12.3 Å². The molecule has 1 rings (SSSR count). The number of carbonyl (C=O) groups is 1. The summed E-state index contributed by atoms with van der Waals surface area (Å²) in [4.78, 5) is 14.2. The molecule has 0 aliphatic rings. The van der Waals surface area contributed by atoms with E-state index in [1.54, 1.807) is 22.6 Å². The van der Waals surface area contributed by atoms with Crippen LogP contribution in [0.1, 0.15) is 16.2 Å². The van der Waals surface area contributed by atoms with Crippen LogP contribution in [-0.4, -0.2) is 22.4 Å². The Balaban J connectivity index is 3.30. The van der Waals surface area contributed by atoms with E-state index < -0.39 is 23.8 Å². The van der Waals surface area contributed by atoms with Gasteiger partial charge in [0.05, 0.1) is 3.57 Å². The zero-order valence-electron chi connectivity index (χ0n) is 7.80. The molecule has 4 nitrogen and oxygen atoms in total. The van der Waals surface area contributed by atoms with Gasteiger partial charge in [-0.25, -0.2) is 9.78 Å². The van der Waals surface area contributed by atoms with E-state index in [2.05, 4.69) is 9.72 Å². The number of aromatic nitrogens is 1. The number of hydrogen-bond donors (Lipinski definition) is 1. The standard InChI is InChI=1S/C8H5F3INO3/c1-3-2-4(12)6(16-8(9,10)11)5(13-3)7(14)15/h2H,1H3,(H,14,15). The minimum Gasteiger partial charge on any atom is -0.476 e. The molecule has 0 amide bonds. The Morgan fingerprint density at radius 3 is 2.56 bits per heavy atom. The Bertz CT molecular complexity index is 433. The first-order valence-corrected chi connectivity index (χ1v) is 4.95. The normalized spacial score (nSPS) is 11.3. The summed E-state index contributed by atoms with van der Waals surface area (Å²) in [5, 5.41) is 8.70. The molecule has 1 N–H and O–H groups in total. The van der Waals surface area contributed by atoms with Crippen LogP contribution < -0.4 is 4.74 Å². The van der Waals surface area contributed by atoms with Crippen molar-refractivity contribution in [2.45, 2.75) is 13.3 Å². The Kier molecular flexibility index (Phi) is 3.61. The number of carboxylic acid groups (broad SMARTS) is 1. The molecule has 1 aromatic rings. The molecule has 0 radical (unpaired) electrons. The van der Waals surface area contributed by atoms with Gasteiger partial charge in [-0.15, -0.1) is 13.2 Å². The zero-order valence-corrected chi connectivity index (χ0v) is 9.96. The third kappa shape index (κ3) is 3.22. The fourth-order valence-corrected chi connectivity index (χ4v) is 1.80. The molecule has 0 aromatic carbocycles. The molecule has 0 fully saturated rings. The summed E-state index contributed by atoms with van der Waals surface area (Å²) in [6, 6.07) is 1.30. The highest BCUT2D eigenvalue weighted by molar-refractivity contribution is 14.1. The first-order valence-electron chi connectivity index (χ1n) is 3.87. The molecule has 16 heavy (non-hydrogen) atoms. The monoisotopic (exact) mass is 347 g/mol. The van der Waals surface area contributed by atoms with Crippen LogP contribution in [0.2, 0.25) is 0 Å². The van der Waals surface area contributed by atoms with E-state index in [0.717, 1.165) is 0 Å². The molecule has 1 heterocycles. The minimum absolute atomic E-state index is 0.0415. The Morgan fingerprint density at radius 1 is 1.56 bits per heavy atom. The number of carboxylic acids is 1. The van der Waals surface area contributed by atoms with E-state index in [4.69, 9.17) is 5.11 Å². The number of halogens is 4. The van der Waals surface area contributed by atoms with Gasteiger partial charge in [-0.3, -0.25) is 0 Å². The number of alkyl halides is 3. The maximum absolute atomic E-state index is 12.0. The average Bonchev–Trinajstić information content (AvgIpc) is 2.07. The van der Waals surface area contributed by atoms with Crippen LogP contribution in [0.25, 0.3) is 0 Å². The Labute approximate surface area is 102 Å². The molecular formula is C8H5F3INO3. The second kappa shape index (κ2) is 4.44. The van der Waals surface area contributed by atoms with Crippen LogP contribution in [-0.2, 0) is 0 Å². The minimum atomic E-state index is -4.94. The van der Waals surface area contributed by atoms with E-state index in [1.165, 1.54) is 13.0 Å². The molecule has 0 atom stereocenters. The molecule has 0 spiro atoms. The van der Waals surface area contributed by atoms with Crippen molar-refractivity contribution in [3.05, 3.63) is 21.0 Å². The molecule has 0 unspecified atom stereocenters. The van der Waals surface area contributed by atoms with Crippen molar-refractivity contribution < 1.29 is 27.8 Å². The lowest BCUT2D eigenvalue weighted by atomic mass is 10.3. The van der Waals surface area contributed by atoms with Crippen molar-refractivity contribution in [3.63, 3.8) is 0 Å². The third-order valence-electron chi connectivity index (χ3n) is 1.48. The quantitative estimate of drug-likeness (QED) is 0.836. The van der Waals surface area contributed by atoms with Crippen molar-refractivity contribution in [1.29, 1.82) is 0 Å². The maximum atomic E-state index is 12.0. The maximum Gasteiger partial charge on any atom is 0.573 e. The fourth-order valence-electron chi connectivity index (χ4n) is 0.979. The summed E-state index contributed by atoms with van der Waals surface area (Å²) in [6.45, 7) is 1.48. The number of rotatable bonds is 2. The number of ether oxygens (including phenoxy) is 1. The smallest absolute Gasteiger partial charge is 0.476 e. The first kappa shape index (κ1) is 13.0. The van der Waals surface area contributed by atoms with E-state index in [9.17, 15) is 18.0 Å². The summed E-state index contributed by atoms with van der Waals surface area (Å²) in [5.74, 6) is -2.35. The molecule has 0 aliphatic heterocycles. The summed E-state index contributed by atoms with van der Waals surface area (Å²) >= 11 is 1.56. The molecule has 8 heteroatoms. The zero-order chi connectivity index (χ0) is 12.5. The van der Waals surface area contributed by atoms with Gasteiger partial charge in [0, 0.05) is 5.69 Å². The second-order valence-electron chi connectivity index (χ2n) is 2.78. The number of aromatic carboxylic acids is 1. The van der Waals surface area contributed by atoms with Crippen LogP contribution in [0.3, 0.4) is 0 Å². The van der Waals surface area contributed by atoms with Gasteiger partial charge in [0.1, 0.15) is 0 Å². The summed E-state index contributed by atoms with van der Waals surface area (Å²) in [7, 11) is 0. The lowest BCUT2D eigenvalue weighted by Crippen LogP contribution is -2.20. The summed E-state index contributed by atoms with van der Waals surface area (Å²) < 4.78 is 39.7. The predicted molar refractivity (Wildman–Crippen MR) is 55.3 cm³/mol.